The van der Waals surface area contributed by atoms with Crippen LogP contribution in [-0.2, 0) is 21.9 Å². The van der Waals surface area contributed by atoms with Gasteiger partial charge in [-0.1, -0.05) is 0 Å². The molecule has 3 aromatic rings. The van der Waals surface area contributed by atoms with Crippen LogP contribution in [0.1, 0.15) is 63.8 Å². The van der Waals surface area contributed by atoms with Crippen molar-refractivity contribution in [3.63, 3.8) is 0 Å². The number of nitrogen functional groups attached to an aromatic ring is 1. The molecule has 2 fully saturated rings. The van der Waals surface area contributed by atoms with Crippen LogP contribution in [0.25, 0.3) is 11.0 Å². The number of carbonyl (C=O) groups is 2. The molecule has 12 heteroatoms. The fourth-order valence-electron chi connectivity index (χ4n) is 6.48. The lowest BCUT2D eigenvalue weighted by Gasteiger charge is -2.41. The van der Waals surface area contributed by atoms with E-state index in [1.807, 2.05) is 29.2 Å². The second-order valence-electron chi connectivity index (χ2n) is 11.9. The number of nitrogens with two attached hydrogens (primary N) is 2. The molecular weight excluding hydrogens is 562 g/mol. The van der Waals surface area contributed by atoms with E-state index >= 15 is 0 Å². The maximum absolute atomic E-state index is 13.4. The summed E-state index contributed by atoms with van der Waals surface area (Å²) in [6.07, 6.45) is 3.65. The summed E-state index contributed by atoms with van der Waals surface area (Å²) in [4.78, 5) is 31.8. The number of nitrogens with zero attached hydrogens (tertiary/aromatic N) is 3. The highest BCUT2D eigenvalue weighted by Crippen LogP contribution is 2.40. The van der Waals surface area contributed by atoms with Gasteiger partial charge in [0, 0.05) is 37.4 Å². The van der Waals surface area contributed by atoms with Gasteiger partial charge in [-0.25, -0.2) is 4.98 Å². The number of carboxylic acids is 1. The number of nitrogens with one attached hydrogen (secondary N) is 2. The number of likely N-dealkylation sites (tertiary alicyclic amines) is 1. The average molecular weight is 604 g/mol. The van der Waals surface area contributed by atoms with E-state index in [1.165, 1.54) is 6.92 Å². The molecule has 1 aliphatic heterocycles. The average Bonchev–Trinajstić information content (AvgIpc) is 3.38. The zero-order valence-corrected chi connectivity index (χ0v) is 25.2. The number of carbonyl (C=O) groups excluding carboxylic acids is 1. The smallest absolute Gasteiger partial charge is 0.306 e. The first-order valence-corrected chi connectivity index (χ1v) is 15.1. The maximum atomic E-state index is 13.4. The Morgan fingerprint density at radius 1 is 1.00 bits per heavy atom. The molecule has 1 saturated heterocycles. The number of hydrogen-bond donors (Lipinski definition) is 5. The fourth-order valence-corrected chi connectivity index (χ4v) is 6.48. The number of Topliss-reactive ketones (excluding diaryl/α,β-unsaturated/α-hetero) is 1. The van der Waals surface area contributed by atoms with Crippen molar-refractivity contribution in [3.05, 3.63) is 53.9 Å². The summed E-state index contributed by atoms with van der Waals surface area (Å²) in [5.41, 5.74) is 12.9. The van der Waals surface area contributed by atoms with Crippen molar-refractivity contribution in [2.75, 3.05) is 13.1 Å². The molecule has 2 heterocycles. The van der Waals surface area contributed by atoms with E-state index in [1.54, 1.807) is 29.7 Å². The number of ketones is 1. The number of imidazole rings is 1. The topological polar surface area (TPSA) is 194 Å². The Labute approximate surface area is 256 Å². The van der Waals surface area contributed by atoms with Gasteiger partial charge in [0.1, 0.15) is 35.9 Å². The number of benzene rings is 2. The van der Waals surface area contributed by atoms with Gasteiger partial charge in [0.25, 0.3) is 0 Å². The van der Waals surface area contributed by atoms with Gasteiger partial charge in [-0.3, -0.25) is 25.0 Å². The highest BCUT2D eigenvalue weighted by molar-refractivity contribution is 5.98. The number of aliphatic carboxylic acids is 1. The summed E-state index contributed by atoms with van der Waals surface area (Å²) >= 11 is 0. The van der Waals surface area contributed by atoms with Gasteiger partial charge in [0.15, 0.2) is 11.4 Å². The van der Waals surface area contributed by atoms with Crippen molar-refractivity contribution in [3.8, 4) is 11.5 Å². The molecule has 44 heavy (non-hydrogen) atoms. The van der Waals surface area contributed by atoms with Gasteiger partial charge >= 0.3 is 5.97 Å². The molecule has 0 radical (unpaired) electrons. The fraction of sp³-hybridized carbons (Fsp3) is 0.469. The van der Waals surface area contributed by atoms with Crippen LogP contribution < -0.4 is 20.9 Å². The molecule has 1 aliphatic carbocycles. The summed E-state index contributed by atoms with van der Waals surface area (Å²) in [7, 11) is 0. The first-order valence-electron chi connectivity index (χ1n) is 15.1. The second-order valence-corrected chi connectivity index (χ2v) is 11.9. The quantitative estimate of drug-likeness (QED) is 0.169. The van der Waals surface area contributed by atoms with Crippen molar-refractivity contribution in [2.24, 2.45) is 23.3 Å². The van der Waals surface area contributed by atoms with E-state index in [9.17, 15) is 14.7 Å². The van der Waals surface area contributed by atoms with Gasteiger partial charge in [-0.15, -0.1) is 0 Å². The summed E-state index contributed by atoms with van der Waals surface area (Å²) < 4.78 is 14.1. The third kappa shape index (κ3) is 6.26. The molecule has 2 aliphatic rings. The number of hydrogen-bond acceptors (Lipinski definition) is 8. The summed E-state index contributed by atoms with van der Waals surface area (Å²) in [6.45, 7) is 4.89. The Morgan fingerprint density at radius 3 is 2.20 bits per heavy atom. The van der Waals surface area contributed by atoms with Crippen molar-refractivity contribution in [1.82, 2.24) is 14.5 Å². The largest absolute Gasteiger partial charge is 0.490 e. The molecule has 1 unspecified atom stereocenters. The van der Waals surface area contributed by atoms with E-state index < -0.39 is 17.6 Å². The van der Waals surface area contributed by atoms with E-state index in [4.69, 9.17) is 36.7 Å². The standard InChI is InChI=1S/C32H41N7O5/c1-19(40)32(36,23-6-3-21(4-7-23)31(41)42)39-28-12-5-22(30(34)35)17-27(28)37-29(39)18-43-24-8-10-25(11-9-24)44-26-13-15-38(16-14-26)20(2)33/h5,8-12,17,21,23,26,33H,3-4,6-7,13-16,18,36H2,1-2H3,(H3,34,35)(H,41,42). The summed E-state index contributed by atoms with van der Waals surface area (Å²) in [5, 5.41) is 25.2. The van der Waals surface area contributed by atoms with Crippen LogP contribution in [0, 0.1) is 22.7 Å². The van der Waals surface area contributed by atoms with Crippen LogP contribution in [0.2, 0.25) is 0 Å². The molecule has 0 spiro atoms. The van der Waals surface area contributed by atoms with E-state index in [0.29, 0.717) is 59.7 Å². The second kappa shape index (κ2) is 12.7. The Hall–Kier alpha value is -4.45. The van der Waals surface area contributed by atoms with Crippen LogP contribution in [0.15, 0.2) is 42.5 Å². The monoisotopic (exact) mass is 603 g/mol. The molecular formula is C32H41N7O5. The zero-order valence-electron chi connectivity index (χ0n) is 25.2. The highest BCUT2D eigenvalue weighted by atomic mass is 16.5. The van der Waals surface area contributed by atoms with Crippen LogP contribution in [0.3, 0.4) is 0 Å². The number of fused-ring (bicyclic) bond motifs is 1. The molecule has 5 rings (SSSR count). The Bertz CT molecular complexity index is 1550. The molecule has 2 aromatic carbocycles. The van der Waals surface area contributed by atoms with Crippen LogP contribution in [-0.4, -0.2) is 62.2 Å². The zero-order chi connectivity index (χ0) is 31.6. The van der Waals surface area contributed by atoms with E-state index in [-0.39, 0.29) is 30.2 Å². The molecule has 1 atom stereocenters. The lowest BCUT2D eigenvalue weighted by molar-refractivity contribution is -0.143. The predicted molar refractivity (Wildman–Crippen MR) is 166 cm³/mol. The normalized spacial score (nSPS) is 20.6. The van der Waals surface area contributed by atoms with Crippen LogP contribution in [0.5, 0.6) is 11.5 Å². The third-order valence-electron chi connectivity index (χ3n) is 9.08. The third-order valence-corrected chi connectivity index (χ3v) is 9.08. The van der Waals surface area contributed by atoms with Crippen LogP contribution >= 0.6 is 0 Å². The van der Waals surface area contributed by atoms with Gasteiger partial charge < -0.3 is 30.9 Å². The lowest BCUT2D eigenvalue weighted by Crippen LogP contribution is -2.56. The van der Waals surface area contributed by atoms with Gasteiger partial charge in [0.05, 0.1) is 22.8 Å². The number of piperidine rings is 1. The molecule has 12 nitrogen and oxygen atoms in total. The number of amidine groups is 2. The Morgan fingerprint density at radius 2 is 1.64 bits per heavy atom. The molecule has 0 amide bonds. The molecule has 1 aromatic heterocycles. The Balaban J connectivity index is 1.38. The van der Waals surface area contributed by atoms with E-state index in [0.717, 1.165) is 31.7 Å². The maximum Gasteiger partial charge on any atom is 0.306 e. The molecule has 7 N–H and O–H groups in total. The SMILES string of the molecule is CC(=N)N1CCC(Oc2ccc(OCc3nc4cc(C(=N)N)ccc4n3C(N)(C(C)=O)C3CCC(C(=O)O)CC3)cc2)CC1. The van der Waals surface area contributed by atoms with Gasteiger partial charge in [0.2, 0.25) is 0 Å². The van der Waals surface area contributed by atoms with E-state index in [2.05, 4.69) is 0 Å². The first kappa shape index (κ1) is 31.0. The Kier molecular flexibility index (Phi) is 8.91. The number of ether oxygens (including phenoxy) is 2. The predicted octanol–water partition coefficient (Wildman–Crippen LogP) is 3.83. The van der Waals surface area contributed by atoms with Crippen LogP contribution in [0.4, 0.5) is 0 Å². The van der Waals surface area contributed by atoms with Crippen molar-refractivity contribution in [1.29, 1.82) is 10.8 Å². The van der Waals surface area contributed by atoms with Gasteiger partial charge in [-0.05, 0) is 82.0 Å². The first-order chi connectivity index (χ1) is 21.0. The summed E-state index contributed by atoms with van der Waals surface area (Å²) in [5.74, 6) is 0.408. The number of rotatable bonds is 10. The van der Waals surface area contributed by atoms with Crippen molar-refractivity contribution < 1.29 is 24.2 Å². The number of carboxylic acid groups (broad SMARTS) is 1. The minimum atomic E-state index is -1.47. The van der Waals surface area contributed by atoms with Crippen molar-refractivity contribution in [2.45, 2.75) is 70.7 Å². The molecule has 0 bridgehead atoms. The minimum Gasteiger partial charge on any atom is -0.490 e. The highest BCUT2D eigenvalue weighted by Gasteiger charge is 2.46. The summed E-state index contributed by atoms with van der Waals surface area (Å²) in [6, 6.07) is 12.5. The number of aromatic nitrogens is 2. The molecule has 1 saturated carbocycles. The molecule has 234 valence electrons. The van der Waals surface area contributed by atoms with Gasteiger partial charge in [-0.2, -0.15) is 0 Å². The lowest BCUT2D eigenvalue weighted by atomic mass is 9.74. The van der Waals surface area contributed by atoms with Crippen molar-refractivity contribution >= 4 is 34.5 Å². The minimum absolute atomic E-state index is 0.0163.